The molecule has 132 valence electrons. The molecule has 3 rings (SSSR count). The van der Waals surface area contributed by atoms with Crippen LogP contribution in [0.2, 0.25) is 0 Å². The molecule has 1 atom stereocenters. The summed E-state index contributed by atoms with van der Waals surface area (Å²) in [5.74, 6) is 0. The third kappa shape index (κ3) is 3.19. The summed E-state index contributed by atoms with van der Waals surface area (Å²) < 4.78 is 5.81. The van der Waals surface area contributed by atoms with Crippen molar-refractivity contribution in [1.29, 1.82) is 0 Å². The molecule has 0 aromatic heterocycles. The van der Waals surface area contributed by atoms with E-state index < -0.39 is 18.3 Å². The second-order valence-corrected chi connectivity index (χ2v) is 6.70. The molecule has 0 spiro atoms. The van der Waals surface area contributed by atoms with E-state index in [1.54, 1.807) is 0 Å². The summed E-state index contributed by atoms with van der Waals surface area (Å²) in [6.07, 6.45) is 0. The first-order valence-corrected chi connectivity index (χ1v) is 8.69. The van der Waals surface area contributed by atoms with Crippen molar-refractivity contribution in [3.05, 3.63) is 108 Å². The lowest BCUT2D eigenvalue weighted by atomic mass is 9.62. The molecule has 0 fully saturated rings. The maximum absolute atomic E-state index is 9.74. The van der Waals surface area contributed by atoms with E-state index in [1.165, 1.54) is 0 Å². The van der Waals surface area contributed by atoms with Crippen molar-refractivity contribution in [3.63, 3.8) is 0 Å². The second kappa shape index (κ2) is 7.46. The normalized spacial score (nSPS) is 13.8. The van der Waals surface area contributed by atoms with Crippen molar-refractivity contribution in [2.24, 2.45) is 0 Å². The van der Waals surface area contributed by atoms with E-state index in [1.807, 2.05) is 97.9 Å². The molecule has 4 heteroatoms. The van der Waals surface area contributed by atoms with Crippen LogP contribution in [0, 0.1) is 0 Å². The average molecular weight is 346 g/mol. The summed E-state index contributed by atoms with van der Waals surface area (Å²) >= 11 is 0. The second-order valence-electron chi connectivity index (χ2n) is 6.70. The lowest BCUT2D eigenvalue weighted by Gasteiger charge is -2.48. The zero-order chi connectivity index (χ0) is 18.6. The van der Waals surface area contributed by atoms with Crippen LogP contribution in [-0.2, 0) is 15.7 Å². The Hall–Kier alpha value is -2.40. The lowest BCUT2D eigenvalue weighted by molar-refractivity contribution is -0.0179. The van der Waals surface area contributed by atoms with Crippen molar-refractivity contribution < 1.29 is 14.7 Å². The standard InChI is InChI=1S/C22H23BO3/c1-21(18-12-6-3-7-13-18,19-14-8-4-9-15-19)22(2,26-23(24)25)20-16-10-5-11-17-20/h3-17,24-25H,1-2H3. The summed E-state index contributed by atoms with van der Waals surface area (Å²) in [5, 5.41) is 19.5. The van der Waals surface area contributed by atoms with Gasteiger partial charge in [0, 0.05) is 5.41 Å². The topological polar surface area (TPSA) is 49.7 Å². The van der Waals surface area contributed by atoms with Gasteiger partial charge in [-0.3, -0.25) is 0 Å². The Morgan fingerprint density at radius 2 is 0.962 bits per heavy atom. The van der Waals surface area contributed by atoms with Crippen LogP contribution in [0.4, 0.5) is 0 Å². The highest BCUT2D eigenvalue weighted by Gasteiger charge is 2.50. The number of hydrogen-bond donors (Lipinski definition) is 2. The van der Waals surface area contributed by atoms with Gasteiger partial charge in [0.05, 0.1) is 5.60 Å². The van der Waals surface area contributed by atoms with Gasteiger partial charge >= 0.3 is 7.32 Å². The van der Waals surface area contributed by atoms with Crippen molar-refractivity contribution in [1.82, 2.24) is 0 Å². The van der Waals surface area contributed by atoms with Crippen LogP contribution in [-0.4, -0.2) is 17.4 Å². The first-order chi connectivity index (χ1) is 12.5. The van der Waals surface area contributed by atoms with E-state index in [0.717, 1.165) is 16.7 Å². The highest BCUT2D eigenvalue weighted by atomic mass is 16.6. The SMILES string of the molecule is CC(OB(O)O)(c1ccccc1)C(C)(c1ccccc1)c1ccccc1. The molecule has 1 unspecified atom stereocenters. The fraction of sp³-hybridized carbons (Fsp3) is 0.182. The van der Waals surface area contributed by atoms with Gasteiger partial charge in [-0.2, -0.15) is 0 Å². The minimum absolute atomic E-state index is 0.666. The number of hydrogen-bond acceptors (Lipinski definition) is 3. The van der Waals surface area contributed by atoms with Crippen LogP contribution >= 0.6 is 0 Å². The fourth-order valence-electron chi connectivity index (χ4n) is 3.70. The van der Waals surface area contributed by atoms with E-state index in [9.17, 15) is 10.0 Å². The Labute approximate surface area is 155 Å². The molecule has 0 aliphatic heterocycles. The Bertz CT molecular complexity index is 782. The van der Waals surface area contributed by atoms with Gasteiger partial charge in [-0.15, -0.1) is 0 Å². The van der Waals surface area contributed by atoms with Gasteiger partial charge in [0.1, 0.15) is 0 Å². The Morgan fingerprint density at radius 1 is 0.615 bits per heavy atom. The van der Waals surface area contributed by atoms with Crippen molar-refractivity contribution in [3.8, 4) is 0 Å². The summed E-state index contributed by atoms with van der Waals surface area (Å²) in [7, 11) is -1.90. The Kier molecular flexibility index (Phi) is 5.28. The van der Waals surface area contributed by atoms with Crippen LogP contribution in [0.25, 0.3) is 0 Å². The molecule has 2 N–H and O–H groups in total. The highest BCUT2D eigenvalue weighted by molar-refractivity contribution is 6.32. The average Bonchev–Trinajstić information content (AvgIpc) is 2.68. The van der Waals surface area contributed by atoms with Gasteiger partial charge < -0.3 is 14.7 Å². The third-order valence-electron chi connectivity index (χ3n) is 5.32. The third-order valence-corrected chi connectivity index (χ3v) is 5.32. The van der Waals surface area contributed by atoms with Crippen LogP contribution in [0.3, 0.4) is 0 Å². The molecule has 0 amide bonds. The zero-order valence-electron chi connectivity index (χ0n) is 15.0. The molecule has 26 heavy (non-hydrogen) atoms. The number of benzene rings is 3. The van der Waals surface area contributed by atoms with E-state index in [4.69, 9.17) is 4.65 Å². The van der Waals surface area contributed by atoms with Crippen LogP contribution in [0.1, 0.15) is 30.5 Å². The highest BCUT2D eigenvalue weighted by Crippen LogP contribution is 2.49. The summed E-state index contributed by atoms with van der Waals surface area (Å²) in [6, 6.07) is 29.7. The van der Waals surface area contributed by atoms with Gasteiger partial charge in [-0.1, -0.05) is 91.0 Å². The van der Waals surface area contributed by atoms with Gasteiger partial charge in [-0.25, -0.2) is 0 Å². The predicted octanol–water partition coefficient (Wildman–Crippen LogP) is 3.89. The molecular formula is C22H23BO3. The molecule has 0 saturated heterocycles. The molecule has 0 aliphatic carbocycles. The number of rotatable bonds is 6. The van der Waals surface area contributed by atoms with Gasteiger partial charge in [0.25, 0.3) is 0 Å². The Morgan fingerprint density at radius 3 is 1.31 bits per heavy atom. The molecule has 3 aromatic rings. The largest absolute Gasteiger partial charge is 0.634 e. The first kappa shape index (κ1) is 18.4. The molecular weight excluding hydrogens is 323 g/mol. The molecule has 3 aromatic carbocycles. The molecule has 0 radical (unpaired) electrons. The first-order valence-electron chi connectivity index (χ1n) is 8.69. The van der Waals surface area contributed by atoms with Gasteiger partial charge in [-0.05, 0) is 30.5 Å². The Balaban J connectivity index is 2.31. The predicted molar refractivity (Wildman–Crippen MR) is 104 cm³/mol. The van der Waals surface area contributed by atoms with Crippen molar-refractivity contribution in [2.45, 2.75) is 24.9 Å². The van der Waals surface area contributed by atoms with Crippen molar-refractivity contribution >= 4 is 7.32 Å². The molecule has 0 saturated carbocycles. The quantitative estimate of drug-likeness (QED) is 0.666. The van der Waals surface area contributed by atoms with E-state index in [0.29, 0.717) is 0 Å². The maximum Gasteiger partial charge on any atom is 0.634 e. The minimum atomic E-state index is -1.90. The lowest BCUT2D eigenvalue weighted by Crippen LogP contribution is -2.51. The molecule has 0 aliphatic rings. The zero-order valence-corrected chi connectivity index (χ0v) is 15.0. The summed E-state index contributed by atoms with van der Waals surface area (Å²) in [5.41, 5.74) is 1.23. The summed E-state index contributed by atoms with van der Waals surface area (Å²) in [4.78, 5) is 0. The molecule has 0 heterocycles. The van der Waals surface area contributed by atoms with Crippen LogP contribution < -0.4 is 0 Å². The maximum atomic E-state index is 9.74. The van der Waals surface area contributed by atoms with Gasteiger partial charge in [0.15, 0.2) is 0 Å². The molecule has 3 nitrogen and oxygen atoms in total. The van der Waals surface area contributed by atoms with E-state index >= 15 is 0 Å². The molecule has 0 bridgehead atoms. The van der Waals surface area contributed by atoms with E-state index in [-0.39, 0.29) is 0 Å². The fourth-order valence-corrected chi connectivity index (χ4v) is 3.70. The van der Waals surface area contributed by atoms with Crippen LogP contribution in [0.15, 0.2) is 91.0 Å². The minimum Gasteiger partial charge on any atom is -0.402 e. The van der Waals surface area contributed by atoms with Gasteiger partial charge in [0.2, 0.25) is 0 Å². The van der Waals surface area contributed by atoms with E-state index in [2.05, 4.69) is 6.92 Å². The van der Waals surface area contributed by atoms with Crippen LogP contribution in [0.5, 0.6) is 0 Å². The van der Waals surface area contributed by atoms with Crippen molar-refractivity contribution in [2.75, 3.05) is 0 Å². The smallest absolute Gasteiger partial charge is 0.402 e. The monoisotopic (exact) mass is 346 g/mol. The summed E-state index contributed by atoms with van der Waals surface area (Å²) in [6.45, 7) is 3.98.